The van der Waals surface area contributed by atoms with Gasteiger partial charge in [-0.1, -0.05) is 18.2 Å². The molecule has 0 saturated carbocycles. The molecule has 2 N–H and O–H groups in total. The lowest BCUT2D eigenvalue weighted by Crippen LogP contribution is -2.22. The van der Waals surface area contributed by atoms with Gasteiger partial charge < -0.3 is 10.3 Å². The van der Waals surface area contributed by atoms with Crippen LogP contribution in [-0.2, 0) is 6.54 Å². The van der Waals surface area contributed by atoms with Gasteiger partial charge in [0.25, 0.3) is 5.91 Å². The summed E-state index contributed by atoms with van der Waals surface area (Å²) in [6.45, 7) is 2.42. The smallest absolute Gasteiger partial charge is 0.268 e. The number of aryl methyl sites for hydroxylation is 1. The van der Waals surface area contributed by atoms with Crippen LogP contribution < -0.4 is 5.32 Å². The molecule has 3 heterocycles. The second-order valence-electron chi connectivity index (χ2n) is 5.72. The number of hydrogen-bond donors (Lipinski definition) is 2. The molecule has 0 radical (unpaired) electrons. The lowest BCUT2D eigenvalue weighted by molar-refractivity contribution is 0.0947. The van der Waals surface area contributed by atoms with Crippen molar-refractivity contribution in [3.63, 3.8) is 0 Å². The van der Waals surface area contributed by atoms with Crippen LogP contribution in [0.1, 0.15) is 21.1 Å². The molecule has 1 amide bonds. The fourth-order valence-electron chi connectivity index (χ4n) is 2.66. The molecule has 0 fully saturated rings. The lowest BCUT2D eigenvalue weighted by Gasteiger charge is -2.02. The predicted octanol–water partition coefficient (Wildman–Crippen LogP) is 3.92. The van der Waals surface area contributed by atoms with Crippen molar-refractivity contribution < 1.29 is 4.79 Å². The van der Waals surface area contributed by atoms with Gasteiger partial charge in [-0.2, -0.15) is 0 Å². The van der Waals surface area contributed by atoms with E-state index < -0.39 is 0 Å². The molecule has 0 aliphatic carbocycles. The van der Waals surface area contributed by atoms with Crippen LogP contribution in [0.5, 0.6) is 0 Å². The topological polar surface area (TPSA) is 70.7 Å². The lowest BCUT2D eigenvalue weighted by atomic mass is 10.2. The van der Waals surface area contributed by atoms with Crippen LogP contribution in [-0.4, -0.2) is 20.9 Å². The number of rotatable bonds is 4. The fourth-order valence-corrected chi connectivity index (χ4v) is 3.65. The number of amides is 1. The predicted molar refractivity (Wildman–Crippen MR) is 99.6 cm³/mol. The molecule has 25 heavy (non-hydrogen) atoms. The summed E-state index contributed by atoms with van der Waals surface area (Å²) in [5.41, 5.74) is 3.45. The van der Waals surface area contributed by atoms with E-state index in [-0.39, 0.29) is 5.91 Å². The molecule has 0 spiro atoms. The van der Waals surface area contributed by atoms with Crippen molar-refractivity contribution in [1.82, 2.24) is 20.3 Å². The zero-order valence-corrected chi connectivity index (χ0v) is 14.4. The van der Waals surface area contributed by atoms with Gasteiger partial charge >= 0.3 is 0 Å². The monoisotopic (exact) mass is 348 g/mol. The van der Waals surface area contributed by atoms with E-state index in [4.69, 9.17) is 0 Å². The zero-order chi connectivity index (χ0) is 17.2. The Hall–Kier alpha value is -2.99. The summed E-state index contributed by atoms with van der Waals surface area (Å²) < 4.78 is 0. The van der Waals surface area contributed by atoms with Gasteiger partial charge in [0.1, 0.15) is 10.7 Å². The molecule has 1 aromatic carbocycles. The third-order valence-electron chi connectivity index (χ3n) is 3.99. The van der Waals surface area contributed by atoms with E-state index >= 15 is 0 Å². The molecule has 0 bridgehead atoms. The number of aromatic amines is 1. The number of H-pyrrole nitrogens is 1. The first-order chi connectivity index (χ1) is 12.2. The third-order valence-corrected chi connectivity index (χ3v) is 5.19. The number of nitrogens with one attached hydrogen (secondary N) is 2. The van der Waals surface area contributed by atoms with Gasteiger partial charge in [-0.25, -0.2) is 4.98 Å². The second kappa shape index (κ2) is 6.49. The minimum absolute atomic E-state index is 0.119. The number of carbonyl (C=O) groups excluding carboxylic acids is 1. The highest BCUT2D eigenvalue weighted by molar-refractivity contribution is 7.15. The van der Waals surface area contributed by atoms with E-state index in [0.29, 0.717) is 12.2 Å². The van der Waals surface area contributed by atoms with Gasteiger partial charge in [0.05, 0.1) is 12.2 Å². The summed E-state index contributed by atoms with van der Waals surface area (Å²) in [5.74, 6) is -0.119. The molecule has 124 valence electrons. The molecule has 0 aliphatic rings. The van der Waals surface area contributed by atoms with Gasteiger partial charge in [0.15, 0.2) is 0 Å². The van der Waals surface area contributed by atoms with E-state index in [2.05, 4.69) is 20.3 Å². The van der Waals surface area contributed by atoms with Gasteiger partial charge in [0, 0.05) is 33.7 Å². The molecule has 0 atom stereocenters. The molecule has 4 rings (SSSR count). The van der Waals surface area contributed by atoms with E-state index in [1.54, 1.807) is 23.7 Å². The SMILES string of the molecule is Cc1nc(-c2cccnc2)sc1CNC(=O)c1cc2ccccc2[nH]1. The summed E-state index contributed by atoms with van der Waals surface area (Å²) in [4.78, 5) is 25.3. The maximum atomic E-state index is 12.4. The van der Waals surface area contributed by atoms with Crippen LogP contribution in [0.15, 0.2) is 54.9 Å². The first kappa shape index (κ1) is 15.5. The Morgan fingerprint density at radius 3 is 2.92 bits per heavy atom. The highest BCUT2D eigenvalue weighted by Crippen LogP contribution is 2.27. The average Bonchev–Trinajstić information content (AvgIpc) is 3.24. The van der Waals surface area contributed by atoms with Gasteiger partial charge in [-0.3, -0.25) is 9.78 Å². The summed E-state index contributed by atoms with van der Waals surface area (Å²) in [7, 11) is 0. The van der Waals surface area contributed by atoms with Crippen LogP contribution in [0.4, 0.5) is 0 Å². The van der Waals surface area contributed by atoms with Crippen molar-refractivity contribution in [3.8, 4) is 10.6 Å². The van der Waals surface area contributed by atoms with Crippen LogP contribution in [0.3, 0.4) is 0 Å². The van der Waals surface area contributed by atoms with Crippen molar-refractivity contribution in [3.05, 3.63) is 71.1 Å². The maximum absolute atomic E-state index is 12.4. The summed E-state index contributed by atoms with van der Waals surface area (Å²) in [6, 6.07) is 13.6. The van der Waals surface area contributed by atoms with Gasteiger partial charge in [0.2, 0.25) is 0 Å². The van der Waals surface area contributed by atoms with E-state index in [0.717, 1.165) is 32.0 Å². The Labute approximate surface area is 148 Å². The average molecular weight is 348 g/mol. The first-order valence-electron chi connectivity index (χ1n) is 7.93. The van der Waals surface area contributed by atoms with Crippen molar-refractivity contribution in [1.29, 1.82) is 0 Å². The van der Waals surface area contributed by atoms with E-state index in [9.17, 15) is 4.79 Å². The number of pyridine rings is 1. The standard InChI is InChI=1S/C19H16N4OS/c1-12-17(25-19(22-12)14-6-4-8-20-10-14)11-21-18(24)16-9-13-5-2-3-7-15(13)23-16/h2-10,23H,11H2,1H3,(H,21,24). The van der Waals surface area contributed by atoms with Crippen molar-refractivity contribution in [2.75, 3.05) is 0 Å². The molecular formula is C19H16N4OS. The van der Waals surface area contributed by atoms with Crippen molar-refractivity contribution in [2.45, 2.75) is 13.5 Å². The van der Waals surface area contributed by atoms with Gasteiger partial charge in [-0.05, 0) is 31.2 Å². The first-order valence-corrected chi connectivity index (χ1v) is 8.75. The highest BCUT2D eigenvalue weighted by atomic mass is 32.1. The molecule has 0 saturated heterocycles. The van der Waals surface area contributed by atoms with E-state index in [1.807, 2.05) is 49.4 Å². The Bertz CT molecular complexity index is 1000. The third kappa shape index (κ3) is 3.16. The molecule has 0 aliphatic heterocycles. The molecule has 5 nitrogen and oxygen atoms in total. The van der Waals surface area contributed by atoms with Gasteiger partial charge in [-0.15, -0.1) is 11.3 Å². The van der Waals surface area contributed by atoms with E-state index in [1.165, 1.54) is 0 Å². The minimum Gasteiger partial charge on any atom is -0.351 e. The number of benzene rings is 1. The summed E-state index contributed by atoms with van der Waals surface area (Å²) in [5, 5.41) is 4.91. The minimum atomic E-state index is -0.119. The van der Waals surface area contributed by atoms with Crippen LogP contribution in [0.2, 0.25) is 0 Å². The number of hydrogen-bond acceptors (Lipinski definition) is 4. The fraction of sp³-hybridized carbons (Fsp3) is 0.105. The molecule has 4 aromatic rings. The summed E-state index contributed by atoms with van der Waals surface area (Å²) >= 11 is 1.58. The van der Waals surface area contributed by atoms with Crippen LogP contribution in [0, 0.1) is 6.92 Å². The molecular weight excluding hydrogens is 332 g/mol. The van der Waals surface area contributed by atoms with Crippen molar-refractivity contribution in [2.24, 2.45) is 0 Å². The zero-order valence-electron chi connectivity index (χ0n) is 13.6. The maximum Gasteiger partial charge on any atom is 0.268 e. The largest absolute Gasteiger partial charge is 0.351 e. The quantitative estimate of drug-likeness (QED) is 0.587. The van der Waals surface area contributed by atoms with Crippen molar-refractivity contribution >= 4 is 28.1 Å². The Kier molecular flexibility index (Phi) is 4.03. The highest BCUT2D eigenvalue weighted by Gasteiger charge is 2.13. The number of fused-ring (bicyclic) bond motifs is 1. The molecule has 3 aromatic heterocycles. The number of thiazole rings is 1. The Morgan fingerprint density at radius 2 is 2.12 bits per heavy atom. The molecule has 6 heteroatoms. The number of carbonyl (C=O) groups is 1. The summed E-state index contributed by atoms with van der Waals surface area (Å²) in [6.07, 6.45) is 3.54. The van der Waals surface area contributed by atoms with Crippen LogP contribution >= 0.6 is 11.3 Å². The van der Waals surface area contributed by atoms with Crippen LogP contribution in [0.25, 0.3) is 21.5 Å². The second-order valence-corrected chi connectivity index (χ2v) is 6.81. The number of aromatic nitrogens is 3. The molecule has 0 unspecified atom stereocenters. The normalized spacial score (nSPS) is 10.9. The number of para-hydroxylation sites is 1. The Balaban J connectivity index is 1.49. The Morgan fingerprint density at radius 1 is 1.24 bits per heavy atom. The number of nitrogens with zero attached hydrogens (tertiary/aromatic N) is 2.